The number of amides is 4. The molecule has 190 valence electrons. The highest BCUT2D eigenvalue weighted by atomic mass is 16.3. The molecule has 0 saturated heterocycles. The number of aryl methyl sites for hydroxylation is 1. The lowest BCUT2D eigenvalue weighted by atomic mass is 9.98. The normalized spacial score (nSPS) is 13.7. The number of hydrogen-bond acceptors (Lipinski definition) is 6. The Balaban J connectivity index is 2.22. The largest absolute Gasteiger partial charge is 0.465 e. The summed E-state index contributed by atoms with van der Waals surface area (Å²) in [5.74, 6) is -1.96. The van der Waals surface area contributed by atoms with Crippen LogP contribution < -0.4 is 17.2 Å². The van der Waals surface area contributed by atoms with Crippen LogP contribution in [-0.2, 0) is 27.2 Å². The second-order valence-corrected chi connectivity index (χ2v) is 9.05. The Morgan fingerprint density at radius 3 is 2.03 bits per heavy atom. The first kappa shape index (κ1) is 27.6. The molecular weight excluding hydrogens is 450 g/mol. The van der Waals surface area contributed by atoms with Crippen molar-refractivity contribution < 1.29 is 23.6 Å². The Morgan fingerprint density at radius 1 is 0.943 bits per heavy atom. The zero-order valence-corrected chi connectivity index (χ0v) is 20.9. The quantitative estimate of drug-likeness (QED) is 0.421. The van der Waals surface area contributed by atoms with Crippen LogP contribution in [0.5, 0.6) is 0 Å². The highest BCUT2D eigenvalue weighted by Crippen LogP contribution is 2.20. The van der Waals surface area contributed by atoms with Gasteiger partial charge in [0.25, 0.3) is 5.91 Å². The summed E-state index contributed by atoms with van der Waals surface area (Å²) in [6.07, 6.45) is 0.268. The SMILES string of the molecule is Cc1oc(CC(C(N)=O)N(C)C(=O)C(C(C)C)N(C)C(=O)[C@@H](N)Cc2ccccc2)cc1C(N)=O. The standard InChI is InChI=1S/C25H35N5O5/c1-14(2)21(30(5)24(33)19(26)11-16-9-7-6-8-10-16)25(34)29(4)20(23(28)32)13-17-12-18(22(27)31)15(3)35-17/h6-10,12,14,19-21H,11,13,26H2,1-5H3,(H2,27,31)(H2,28,32)/t19-,20?,21?/m0/s1. The van der Waals surface area contributed by atoms with Gasteiger partial charge in [0.05, 0.1) is 11.6 Å². The van der Waals surface area contributed by atoms with Crippen LogP contribution in [0, 0.1) is 12.8 Å². The molecule has 0 aliphatic carbocycles. The molecule has 1 aromatic heterocycles. The molecule has 2 aromatic rings. The highest BCUT2D eigenvalue weighted by molar-refractivity contribution is 5.94. The molecular formula is C25H35N5O5. The van der Waals surface area contributed by atoms with Crippen molar-refractivity contribution in [1.29, 1.82) is 0 Å². The lowest BCUT2D eigenvalue weighted by Crippen LogP contribution is -2.58. The first-order valence-corrected chi connectivity index (χ1v) is 11.4. The van der Waals surface area contributed by atoms with Crippen molar-refractivity contribution in [3.05, 3.63) is 59.0 Å². The van der Waals surface area contributed by atoms with E-state index in [1.807, 2.05) is 30.3 Å². The first-order chi connectivity index (χ1) is 16.3. The molecule has 35 heavy (non-hydrogen) atoms. The van der Waals surface area contributed by atoms with Gasteiger partial charge in [-0.3, -0.25) is 19.2 Å². The summed E-state index contributed by atoms with van der Waals surface area (Å²) in [7, 11) is 2.97. The molecule has 0 radical (unpaired) electrons. The van der Waals surface area contributed by atoms with Gasteiger partial charge in [0.15, 0.2) is 0 Å². The van der Waals surface area contributed by atoms with Crippen LogP contribution in [0.25, 0.3) is 0 Å². The maximum Gasteiger partial charge on any atom is 0.252 e. The maximum absolute atomic E-state index is 13.5. The third kappa shape index (κ3) is 6.69. The maximum atomic E-state index is 13.5. The van der Waals surface area contributed by atoms with E-state index in [0.717, 1.165) is 5.56 Å². The van der Waals surface area contributed by atoms with Crippen LogP contribution in [0.15, 0.2) is 40.8 Å². The minimum atomic E-state index is -1.07. The van der Waals surface area contributed by atoms with E-state index in [-0.39, 0.29) is 23.7 Å². The Labute approximate surface area is 205 Å². The topological polar surface area (TPSA) is 166 Å². The number of carbonyl (C=O) groups is 4. The molecule has 3 atom stereocenters. The lowest BCUT2D eigenvalue weighted by Gasteiger charge is -2.36. The zero-order chi connectivity index (χ0) is 26.4. The molecule has 0 spiro atoms. The fourth-order valence-electron chi connectivity index (χ4n) is 4.12. The molecule has 4 amide bonds. The van der Waals surface area contributed by atoms with Crippen LogP contribution in [-0.4, -0.2) is 65.6 Å². The number of benzene rings is 1. The van der Waals surface area contributed by atoms with Gasteiger partial charge in [-0.05, 0) is 30.9 Å². The lowest BCUT2D eigenvalue weighted by molar-refractivity contribution is -0.149. The van der Waals surface area contributed by atoms with Crippen LogP contribution >= 0.6 is 0 Å². The van der Waals surface area contributed by atoms with Crippen molar-refractivity contribution in [2.45, 2.75) is 51.7 Å². The molecule has 0 aliphatic heterocycles. The molecule has 10 heteroatoms. The molecule has 10 nitrogen and oxygen atoms in total. The highest BCUT2D eigenvalue weighted by Gasteiger charge is 2.37. The van der Waals surface area contributed by atoms with E-state index < -0.39 is 41.8 Å². The molecule has 0 aliphatic rings. The van der Waals surface area contributed by atoms with Crippen LogP contribution in [0.1, 0.15) is 41.3 Å². The van der Waals surface area contributed by atoms with Crippen LogP contribution in [0.3, 0.4) is 0 Å². The van der Waals surface area contributed by atoms with Gasteiger partial charge in [-0.1, -0.05) is 44.2 Å². The van der Waals surface area contributed by atoms with Gasteiger partial charge in [0.2, 0.25) is 17.7 Å². The summed E-state index contributed by atoms with van der Waals surface area (Å²) in [6, 6.07) is 8.00. The zero-order valence-electron chi connectivity index (χ0n) is 20.9. The van der Waals surface area contributed by atoms with Gasteiger partial charge in [-0.2, -0.15) is 0 Å². The molecule has 0 saturated carbocycles. The average Bonchev–Trinajstić information content (AvgIpc) is 3.17. The number of carbonyl (C=O) groups excluding carboxylic acids is 4. The van der Waals surface area contributed by atoms with Crippen molar-refractivity contribution in [2.75, 3.05) is 14.1 Å². The van der Waals surface area contributed by atoms with Crippen molar-refractivity contribution in [2.24, 2.45) is 23.1 Å². The molecule has 6 N–H and O–H groups in total. The summed E-state index contributed by atoms with van der Waals surface area (Å²) in [6.45, 7) is 5.18. The van der Waals surface area contributed by atoms with Gasteiger partial charge in [0, 0.05) is 20.5 Å². The van der Waals surface area contributed by atoms with Crippen molar-refractivity contribution >= 4 is 23.6 Å². The monoisotopic (exact) mass is 485 g/mol. The Hall–Kier alpha value is -3.66. The second-order valence-electron chi connectivity index (χ2n) is 9.05. The molecule has 2 rings (SSSR count). The Bertz CT molecular complexity index is 1070. The minimum Gasteiger partial charge on any atom is -0.465 e. The summed E-state index contributed by atoms with van der Waals surface area (Å²) in [5, 5.41) is 0. The second kappa shape index (κ2) is 11.7. The molecule has 0 fully saturated rings. The Morgan fingerprint density at radius 2 is 1.54 bits per heavy atom. The van der Waals surface area contributed by atoms with E-state index in [9.17, 15) is 19.2 Å². The minimum absolute atomic E-state index is 0.0539. The van der Waals surface area contributed by atoms with E-state index in [4.69, 9.17) is 21.6 Å². The van der Waals surface area contributed by atoms with Crippen LogP contribution in [0.2, 0.25) is 0 Å². The van der Waals surface area contributed by atoms with Crippen LogP contribution in [0.4, 0.5) is 0 Å². The van der Waals surface area contributed by atoms with Crippen molar-refractivity contribution in [1.82, 2.24) is 9.80 Å². The Kier molecular flexibility index (Phi) is 9.18. The predicted octanol–water partition coefficient (Wildman–Crippen LogP) is 0.595. The van der Waals surface area contributed by atoms with Gasteiger partial charge in [-0.15, -0.1) is 0 Å². The van der Waals surface area contributed by atoms with Crippen molar-refractivity contribution in [3.63, 3.8) is 0 Å². The van der Waals surface area contributed by atoms with E-state index in [1.165, 1.54) is 30.0 Å². The first-order valence-electron chi connectivity index (χ1n) is 11.4. The third-order valence-corrected chi connectivity index (χ3v) is 6.04. The fraction of sp³-hybridized carbons (Fsp3) is 0.440. The summed E-state index contributed by atoms with van der Waals surface area (Å²) >= 11 is 0. The van der Waals surface area contributed by atoms with Gasteiger partial charge < -0.3 is 31.4 Å². The predicted molar refractivity (Wildman–Crippen MR) is 131 cm³/mol. The van der Waals surface area contributed by atoms with Gasteiger partial charge in [-0.25, -0.2) is 0 Å². The molecule has 1 aromatic carbocycles. The molecule has 0 bridgehead atoms. The van der Waals surface area contributed by atoms with Gasteiger partial charge in [0.1, 0.15) is 23.6 Å². The van der Waals surface area contributed by atoms with Crippen molar-refractivity contribution in [3.8, 4) is 0 Å². The number of rotatable bonds is 11. The van der Waals surface area contributed by atoms with E-state index >= 15 is 0 Å². The number of nitrogens with two attached hydrogens (primary N) is 3. The van der Waals surface area contributed by atoms with Gasteiger partial charge >= 0.3 is 0 Å². The average molecular weight is 486 g/mol. The number of nitrogens with zero attached hydrogens (tertiary/aromatic N) is 2. The third-order valence-electron chi connectivity index (χ3n) is 6.04. The summed E-state index contributed by atoms with van der Waals surface area (Å²) in [5.41, 5.74) is 18.2. The smallest absolute Gasteiger partial charge is 0.252 e. The number of furan rings is 1. The summed E-state index contributed by atoms with van der Waals surface area (Å²) in [4.78, 5) is 53.0. The number of likely N-dealkylation sites (N-methyl/N-ethyl adjacent to an activating group) is 2. The number of primary amides is 2. The summed E-state index contributed by atoms with van der Waals surface area (Å²) < 4.78 is 5.54. The fourth-order valence-corrected chi connectivity index (χ4v) is 4.12. The van der Waals surface area contributed by atoms with E-state index in [0.29, 0.717) is 12.2 Å². The van der Waals surface area contributed by atoms with E-state index in [1.54, 1.807) is 20.8 Å². The number of hydrogen-bond donors (Lipinski definition) is 3. The molecule has 1 heterocycles. The molecule has 2 unspecified atom stereocenters. The van der Waals surface area contributed by atoms with E-state index in [2.05, 4.69) is 0 Å².